The van der Waals surface area contributed by atoms with Crippen LogP contribution >= 0.6 is 51.2 Å². The Morgan fingerprint density at radius 1 is 1.46 bits per heavy atom. The van der Waals surface area contributed by atoms with Gasteiger partial charge in [-0.2, -0.15) is 13.2 Å². The molecule has 0 fully saturated rings. The molecule has 0 saturated heterocycles. The summed E-state index contributed by atoms with van der Waals surface area (Å²) in [4.78, 5) is 8.42. The Bertz CT molecular complexity index is 806. The Balaban J connectivity index is 2.03. The summed E-state index contributed by atoms with van der Waals surface area (Å²) in [5, 5.41) is 3.20. The van der Waals surface area contributed by atoms with Crippen LogP contribution in [-0.2, 0) is 7.05 Å². The summed E-state index contributed by atoms with van der Waals surface area (Å²) in [6, 6.07) is 1.37. The second kappa shape index (κ2) is 7.00. The molecule has 1 aliphatic heterocycles. The molecule has 1 atom stereocenters. The Hall–Kier alpha value is -0.520. The molecule has 3 heterocycles. The lowest BCUT2D eigenvalue weighted by molar-refractivity contribution is -0.0329. The smallest absolute Gasteiger partial charge is 0.360 e. The molecule has 0 amide bonds. The molecular formula is C13H12BrF3N4S3. The van der Waals surface area contributed by atoms with Crippen LogP contribution in [0, 0.1) is 0 Å². The third-order valence-corrected chi connectivity index (χ3v) is 6.73. The number of rotatable bonds is 4. The minimum Gasteiger partial charge on any atom is -0.360 e. The van der Waals surface area contributed by atoms with Gasteiger partial charge in [0.2, 0.25) is 0 Å². The maximum Gasteiger partial charge on any atom is 0.447 e. The van der Waals surface area contributed by atoms with Gasteiger partial charge in [0.25, 0.3) is 0 Å². The Kier molecular flexibility index (Phi) is 5.33. The first-order valence-corrected chi connectivity index (χ1v) is 10.4. The zero-order valence-corrected chi connectivity index (χ0v) is 16.6. The molecule has 2 aromatic rings. The second-order valence-electron chi connectivity index (χ2n) is 4.73. The maximum absolute atomic E-state index is 12.5. The van der Waals surface area contributed by atoms with Gasteiger partial charge in [-0.15, -0.1) is 11.8 Å². The number of hydrogen-bond acceptors (Lipinski definition) is 6. The summed E-state index contributed by atoms with van der Waals surface area (Å²) < 4.78 is 40.6. The van der Waals surface area contributed by atoms with Crippen LogP contribution in [0.2, 0.25) is 0 Å². The predicted octanol–water partition coefficient (Wildman–Crippen LogP) is 4.97. The molecule has 0 radical (unpaired) electrons. The van der Waals surface area contributed by atoms with Gasteiger partial charge >= 0.3 is 5.51 Å². The molecule has 130 valence electrons. The van der Waals surface area contributed by atoms with E-state index in [9.17, 15) is 13.2 Å². The number of imidazole rings is 1. The van der Waals surface area contributed by atoms with Gasteiger partial charge in [0, 0.05) is 18.8 Å². The van der Waals surface area contributed by atoms with E-state index >= 15 is 0 Å². The lowest BCUT2D eigenvalue weighted by Crippen LogP contribution is -2.15. The lowest BCUT2D eigenvalue weighted by Gasteiger charge is -2.07. The number of nitrogens with zero attached hydrogens (tertiary/aromatic N) is 3. The van der Waals surface area contributed by atoms with Crippen LogP contribution in [0.15, 0.2) is 21.5 Å². The Labute approximate surface area is 157 Å². The zero-order valence-electron chi connectivity index (χ0n) is 12.5. The quantitative estimate of drug-likeness (QED) is 0.397. The first kappa shape index (κ1) is 18.3. The van der Waals surface area contributed by atoms with Crippen molar-refractivity contribution in [3.05, 3.63) is 22.3 Å². The van der Waals surface area contributed by atoms with Crippen molar-refractivity contribution in [1.82, 2.24) is 19.9 Å². The van der Waals surface area contributed by atoms with Gasteiger partial charge in [-0.05, 0) is 11.8 Å². The number of pyridine rings is 1. The highest BCUT2D eigenvalue weighted by atomic mass is 79.9. The van der Waals surface area contributed by atoms with Gasteiger partial charge in [-0.1, -0.05) is 34.6 Å². The molecular weight excluding hydrogens is 445 g/mol. The van der Waals surface area contributed by atoms with E-state index < -0.39 is 5.51 Å². The SMILES string of the molecule is CCSC1=C(c2nc3cc(SC(F)(F)F)ncc3n2C)NC(Br)S1. The number of aromatic nitrogens is 3. The second-order valence-corrected chi connectivity index (χ2v) is 9.98. The van der Waals surface area contributed by atoms with E-state index in [0.717, 1.165) is 15.7 Å². The number of nitrogens with one attached hydrogen (secondary N) is 1. The van der Waals surface area contributed by atoms with E-state index in [0.29, 0.717) is 16.9 Å². The van der Waals surface area contributed by atoms with Crippen molar-refractivity contribution in [2.75, 3.05) is 5.75 Å². The van der Waals surface area contributed by atoms with E-state index in [-0.39, 0.29) is 21.1 Å². The number of hydrogen-bond donors (Lipinski definition) is 1. The van der Waals surface area contributed by atoms with E-state index in [1.54, 1.807) is 23.5 Å². The molecule has 0 aromatic carbocycles. The largest absolute Gasteiger partial charge is 0.447 e. The molecule has 1 aliphatic rings. The van der Waals surface area contributed by atoms with Crippen LogP contribution in [0.5, 0.6) is 0 Å². The van der Waals surface area contributed by atoms with Gasteiger partial charge in [0.15, 0.2) is 5.82 Å². The van der Waals surface area contributed by atoms with Gasteiger partial charge in [0.05, 0.1) is 27.2 Å². The van der Waals surface area contributed by atoms with Crippen molar-refractivity contribution >= 4 is 67.9 Å². The molecule has 1 N–H and O–H groups in total. The molecule has 24 heavy (non-hydrogen) atoms. The van der Waals surface area contributed by atoms with Gasteiger partial charge in [-0.3, -0.25) is 0 Å². The van der Waals surface area contributed by atoms with Crippen LogP contribution in [-0.4, -0.2) is 30.1 Å². The number of aryl methyl sites for hydroxylation is 1. The lowest BCUT2D eigenvalue weighted by atomic mass is 10.4. The minimum atomic E-state index is -4.36. The zero-order chi connectivity index (χ0) is 17.5. The third kappa shape index (κ3) is 3.83. The summed E-state index contributed by atoms with van der Waals surface area (Å²) in [5.74, 6) is 1.61. The monoisotopic (exact) mass is 456 g/mol. The molecule has 0 saturated carbocycles. The standard InChI is InChI=1S/C13H12BrF3N4S3/c1-3-22-11-9(20-12(14)23-11)10-19-6-4-8(24-13(15,16)17)18-5-7(6)21(10)2/h4-5,12,20H,3H2,1-2H3. The molecule has 0 spiro atoms. The van der Waals surface area contributed by atoms with Crippen LogP contribution in [0.1, 0.15) is 12.7 Å². The number of halogens is 4. The highest BCUT2D eigenvalue weighted by Crippen LogP contribution is 2.44. The molecule has 3 rings (SSSR count). The van der Waals surface area contributed by atoms with Crippen molar-refractivity contribution in [1.29, 1.82) is 0 Å². The van der Waals surface area contributed by atoms with Crippen molar-refractivity contribution in [3.63, 3.8) is 0 Å². The van der Waals surface area contributed by atoms with Crippen LogP contribution in [0.25, 0.3) is 16.7 Å². The molecule has 11 heteroatoms. The minimum absolute atomic E-state index is 0.0517. The molecule has 1 unspecified atom stereocenters. The Morgan fingerprint density at radius 2 is 2.21 bits per heavy atom. The number of alkyl halides is 4. The van der Waals surface area contributed by atoms with Crippen LogP contribution in [0.3, 0.4) is 0 Å². The third-order valence-electron chi connectivity index (χ3n) is 3.13. The first-order chi connectivity index (χ1) is 11.3. The summed E-state index contributed by atoms with van der Waals surface area (Å²) in [5.41, 5.74) is -2.29. The van der Waals surface area contributed by atoms with Crippen molar-refractivity contribution in [3.8, 4) is 0 Å². The van der Waals surface area contributed by atoms with E-state index in [1.807, 2.05) is 11.6 Å². The summed E-state index contributed by atoms with van der Waals surface area (Å²) in [6.07, 6.45) is 1.43. The van der Waals surface area contributed by atoms with Gasteiger partial charge < -0.3 is 9.88 Å². The fourth-order valence-corrected chi connectivity index (χ4v) is 5.99. The van der Waals surface area contributed by atoms with E-state index in [2.05, 4.69) is 38.1 Å². The van der Waals surface area contributed by atoms with Crippen molar-refractivity contribution in [2.24, 2.45) is 7.05 Å². The molecule has 0 bridgehead atoms. The normalized spacial score (nSPS) is 18.5. The number of fused-ring (bicyclic) bond motifs is 1. The summed E-state index contributed by atoms with van der Waals surface area (Å²) >= 11 is 6.64. The highest BCUT2D eigenvalue weighted by Gasteiger charge is 2.31. The van der Waals surface area contributed by atoms with Gasteiger partial charge in [-0.25, -0.2) is 9.97 Å². The summed E-state index contributed by atoms with van der Waals surface area (Å²) in [6.45, 7) is 2.07. The molecule has 4 nitrogen and oxygen atoms in total. The first-order valence-electron chi connectivity index (χ1n) is 6.81. The average Bonchev–Trinajstić information content (AvgIpc) is 2.98. The van der Waals surface area contributed by atoms with Crippen LogP contribution < -0.4 is 5.32 Å². The van der Waals surface area contributed by atoms with E-state index in [1.165, 1.54) is 12.3 Å². The summed E-state index contributed by atoms with van der Waals surface area (Å²) in [7, 11) is 1.83. The van der Waals surface area contributed by atoms with Gasteiger partial charge in [0.1, 0.15) is 9.31 Å². The number of thioether (sulfide) groups is 3. The van der Waals surface area contributed by atoms with Crippen molar-refractivity contribution < 1.29 is 13.2 Å². The highest BCUT2D eigenvalue weighted by molar-refractivity contribution is 9.11. The maximum atomic E-state index is 12.5. The van der Waals surface area contributed by atoms with E-state index in [4.69, 9.17) is 0 Å². The fraction of sp³-hybridized carbons (Fsp3) is 0.385. The Morgan fingerprint density at radius 3 is 2.88 bits per heavy atom. The van der Waals surface area contributed by atoms with Crippen molar-refractivity contribution in [2.45, 2.75) is 21.7 Å². The molecule has 0 aliphatic carbocycles. The predicted molar refractivity (Wildman–Crippen MR) is 98.9 cm³/mol. The topological polar surface area (TPSA) is 42.7 Å². The van der Waals surface area contributed by atoms with Crippen LogP contribution in [0.4, 0.5) is 13.2 Å². The average molecular weight is 457 g/mol. The molecule has 2 aromatic heterocycles. The fourth-order valence-electron chi connectivity index (χ4n) is 2.22.